The summed E-state index contributed by atoms with van der Waals surface area (Å²) in [6.07, 6.45) is 0. The minimum Gasteiger partial charge on any atom is -0.485 e. The Morgan fingerprint density at radius 1 is 0.957 bits per heavy atom. The van der Waals surface area contributed by atoms with E-state index < -0.39 is 5.91 Å². The zero-order valence-electron chi connectivity index (χ0n) is 13.9. The number of carbonyl (C=O) groups is 2. The Morgan fingerprint density at radius 3 is 2.26 bits per heavy atom. The number of hydrogen-bond acceptors (Lipinski definition) is 3. The number of nitrogens with two attached hydrogens (primary N) is 1. The zero-order valence-corrected chi connectivity index (χ0v) is 13.9. The molecule has 0 atom stereocenters. The molecule has 0 heterocycles. The van der Waals surface area contributed by atoms with Gasteiger partial charge in [-0.2, -0.15) is 0 Å². The van der Waals surface area contributed by atoms with Crippen LogP contribution in [-0.2, 0) is 0 Å². The molecule has 0 bridgehead atoms. The molecule has 2 aromatic carbocycles. The van der Waals surface area contributed by atoms with Gasteiger partial charge in [-0.05, 0) is 68.1 Å². The molecule has 1 amide bonds. The van der Waals surface area contributed by atoms with Gasteiger partial charge in [0, 0.05) is 5.56 Å². The lowest BCUT2D eigenvalue weighted by Gasteiger charge is -2.14. The van der Waals surface area contributed by atoms with E-state index in [9.17, 15) is 9.59 Å². The summed E-state index contributed by atoms with van der Waals surface area (Å²) in [5, 5.41) is 0. The summed E-state index contributed by atoms with van der Waals surface area (Å²) in [6.45, 7) is 7.85. The predicted molar refractivity (Wildman–Crippen MR) is 90.2 cm³/mol. The van der Waals surface area contributed by atoms with E-state index in [1.54, 1.807) is 24.3 Å². The SMILES string of the molecule is Cc1cc(C(=O)COc2ccccc2C(N)=O)c(C)c(C)c1C. The fraction of sp³-hybridized carbons (Fsp3) is 0.263. The lowest BCUT2D eigenvalue weighted by Crippen LogP contribution is -2.17. The molecular weight excluding hydrogens is 290 g/mol. The van der Waals surface area contributed by atoms with Gasteiger partial charge < -0.3 is 10.5 Å². The van der Waals surface area contributed by atoms with Gasteiger partial charge in [0.25, 0.3) is 5.91 Å². The van der Waals surface area contributed by atoms with Crippen molar-refractivity contribution in [2.75, 3.05) is 6.61 Å². The largest absolute Gasteiger partial charge is 0.485 e. The molecule has 0 aromatic heterocycles. The van der Waals surface area contributed by atoms with E-state index in [2.05, 4.69) is 0 Å². The smallest absolute Gasteiger partial charge is 0.252 e. The van der Waals surface area contributed by atoms with E-state index in [1.165, 1.54) is 5.56 Å². The number of carbonyl (C=O) groups excluding carboxylic acids is 2. The van der Waals surface area contributed by atoms with Gasteiger partial charge in [-0.25, -0.2) is 0 Å². The van der Waals surface area contributed by atoms with Crippen molar-refractivity contribution in [3.63, 3.8) is 0 Å². The topological polar surface area (TPSA) is 69.4 Å². The van der Waals surface area contributed by atoms with Crippen LogP contribution in [0, 0.1) is 27.7 Å². The van der Waals surface area contributed by atoms with Crippen LogP contribution in [0.5, 0.6) is 5.75 Å². The molecule has 2 N–H and O–H groups in total. The molecule has 120 valence electrons. The van der Waals surface area contributed by atoms with Gasteiger partial charge in [-0.1, -0.05) is 12.1 Å². The monoisotopic (exact) mass is 311 g/mol. The summed E-state index contributed by atoms with van der Waals surface area (Å²) >= 11 is 0. The van der Waals surface area contributed by atoms with Gasteiger partial charge >= 0.3 is 0 Å². The molecule has 23 heavy (non-hydrogen) atoms. The Bertz CT molecular complexity index is 778. The van der Waals surface area contributed by atoms with Crippen molar-refractivity contribution in [3.05, 3.63) is 63.7 Å². The maximum atomic E-state index is 12.5. The third-order valence-electron chi connectivity index (χ3n) is 4.29. The molecule has 0 aliphatic rings. The number of primary amides is 1. The number of ketones is 1. The van der Waals surface area contributed by atoms with Gasteiger partial charge in [0.1, 0.15) is 5.75 Å². The number of amides is 1. The first-order chi connectivity index (χ1) is 10.8. The second kappa shape index (κ2) is 6.65. The highest BCUT2D eigenvalue weighted by molar-refractivity contribution is 5.99. The molecule has 4 heteroatoms. The summed E-state index contributed by atoms with van der Waals surface area (Å²) in [5.74, 6) is -0.370. The van der Waals surface area contributed by atoms with Crippen LogP contribution in [0.1, 0.15) is 43.0 Å². The Morgan fingerprint density at radius 2 is 1.61 bits per heavy atom. The average Bonchev–Trinajstić information content (AvgIpc) is 2.54. The quantitative estimate of drug-likeness (QED) is 0.861. The first-order valence-corrected chi connectivity index (χ1v) is 7.45. The highest BCUT2D eigenvalue weighted by Crippen LogP contribution is 2.22. The number of Topliss-reactive ketones (excluding diaryl/α,β-unsaturated/α-hetero) is 1. The molecular formula is C19H21NO3. The van der Waals surface area contributed by atoms with Crippen LogP contribution in [0.3, 0.4) is 0 Å². The summed E-state index contributed by atoms with van der Waals surface area (Å²) in [5.41, 5.74) is 10.6. The predicted octanol–water partition coefficient (Wildman–Crippen LogP) is 3.28. The summed E-state index contributed by atoms with van der Waals surface area (Å²) in [7, 11) is 0. The molecule has 4 nitrogen and oxygen atoms in total. The third-order valence-corrected chi connectivity index (χ3v) is 4.29. The first-order valence-electron chi connectivity index (χ1n) is 7.45. The van der Waals surface area contributed by atoms with Crippen molar-refractivity contribution in [1.29, 1.82) is 0 Å². The lowest BCUT2D eigenvalue weighted by molar-refractivity contribution is 0.0911. The van der Waals surface area contributed by atoms with Gasteiger partial charge in [-0.3, -0.25) is 9.59 Å². The van der Waals surface area contributed by atoms with E-state index in [0.29, 0.717) is 11.3 Å². The summed E-state index contributed by atoms with van der Waals surface area (Å²) in [4.78, 5) is 23.9. The number of ether oxygens (including phenoxy) is 1. The molecule has 0 radical (unpaired) electrons. The van der Waals surface area contributed by atoms with E-state index in [-0.39, 0.29) is 18.0 Å². The average molecular weight is 311 g/mol. The Balaban J connectivity index is 2.23. The van der Waals surface area contributed by atoms with Crippen LogP contribution in [-0.4, -0.2) is 18.3 Å². The summed E-state index contributed by atoms with van der Waals surface area (Å²) in [6, 6.07) is 8.53. The summed E-state index contributed by atoms with van der Waals surface area (Å²) < 4.78 is 5.53. The molecule has 0 aliphatic heterocycles. The standard InChI is InChI=1S/C19H21NO3/c1-11-9-16(14(4)13(3)12(11)2)17(21)10-23-18-8-6-5-7-15(18)19(20)22/h5-9H,10H2,1-4H3,(H2,20,22). The van der Waals surface area contributed by atoms with Crippen molar-refractivity contribution in [1.82, 2.24) is 0 Å². The molecule has 0 unspecified atom stereocenters. The number of benzene rings is 2. The molecule has 2 aromatic rings. The fourth-order valence-electron chi connectivity index (χ4n) is 2.52. The lowest BCUT2D eigenvalue weighted by atomic mass is 9.93. The molecule has 0 saturated carbocycles. The maximum absolute atomic E-state index is 12.5. The van der Waals surface area contributed by atoms with Crippen LogP contribution < -0.4 is 10.5 Å². The maximum Gasteiger partial charge on any atom is 0.252 e. The van der Waals surface area contributed by atoms with Crippen molar-refractivity contribution < 1.29 is 14.3 Å². The minimum atomic E-state index is -0.578. The molecule has 2 rings (SSSR count). The molecule has 0 spiro atoms. The van der Waals surface area contributed by atoms with Crippen LogP contribution in [0.4, 0.5) is 0 Å². The third kappa shape index (κ3) is 3.42. The molecule has 0 saturated heterocycles. The van der Waals surface area contributed by atoms with Gasteiger partial charge in [0.2, 0.25) is 0 Å². The highest BCUT2D eigenvalue weighted by Gasteiger charge is 2.16. The number of para-hydroxylation sites is 1. The Hall–Kier alpha value is -2.62. The Labute approximate surface area is 136 Å². The van der Waals surface area contributed by atoms with Crippen molar-refractivity contribution in [3.8, 4) is 5.75 Å². The van der Waals surface area contributed by atoms with Crippen LogP contribution >= 0.6 is 0 Å². The van der Waals surface area contributed by atoms with Gasteiger partial charge in [0.15, 0.2) is 12.4 Å². The Kier molecular flexibility index (Phi) is 4.84. The van der Waals surface area contributed by atoms with Crippen molar-refractivity contribution in [2.24, 2.45) is 5.73 Å². The normalized spacial score (nSPS) is 10.4. The first kappa shape index (κ1) is 16.7. The highest BCUT2D eigenvalue weighted by atomic mass is 16.5. The number of aryl methyl sites for hydroxylation is 1. The number of rotatable bonds is 5. The van der Waals surface area contributed by atoms with Crippen LogP contribution in [0.2, 0.25) is 0 Å². The van der Waals surface area contributed by atoms with E-state index in [4.69, 9.17) is 10.5 Å². The van der Waals surface area contributed by atoms with Crippen LogP contribution in [0.15, 0.2) is 30.3 Å². The zero-order chi connectivity index (χ0) is 17.1. The van der Waals surface area contributed by atoms with E-state index >= 15 is 0 Å². The van der Waals surface area contributed by atoms with E-state index in [0.717, 1.165) is 16.7 Å². The van der Waals surface area contributed by atoms with Crippen molar-refractivity contribution >= 4 is 11.7 Å². The van der Waals surface area contributed by atoms with Crippen LogP contribution in [0.25, 0.3) is 0 Å². The van der Waals surface area contributed by atoms with Gasteiger partial charge in [0.05, 0.1) is 5.56 Å². The van der Waals surface area contributed by atoms with E-state index in [1.807, 2.05) is 33.8 Å². The number of hydrogen-bond donors (Lipinski definition) is 1. The fourth-order valence-corrected chi connectivity index (χ4v) is 2.52. The van der Waals surface area contributed by atoms with Gasteiger partial charge in [-0.15, -0.1) is 0 Å². The minimum absolute atomic E-state index is 0.118. The second-order valence-corrected chi connectivity index (χ2v) is 5.69. The van der Waals surface area contributed by atoms with Crippen molar-refractivity contribution in [2.45, 2.75) is 27.7 Å². The second-order valence-electron chi connectivity index (χ2n) is 5.69. The molecule has 0 aliphatic carbocycles. The molecule has 0 fully saturated rings.